The fraction of sp³-hybridized carbons (Fsp3) is 0.353. The van der Waals surface area contributed by atoms with Gasteiger partial charge in [0.05, 0.1) is 6.04 Å². The molecule has 1 aliphatic rings. The van der Waals surface area contributed by atoms with Gasteiger partial charge in [0, 0.05) is 18.0 Å². The van der Waals surface area contributed by atoms with Crippen LogP contribution < -0.4 is 5.32 Å². The highest BCUT2D eigenvalue weighted by Crippen LogP contribution is 2.34. The molecule has 0 saturated carbocycles. The Labute approximate surface area is 133 Å². The minimum atomic E-state index is -0.233. The molecule has 3 rings (SSSR count). The number of amides is 2. The van der Waals surface area contributed by atoms with Crippen molar-refractivity contribution in [3.8, 4) is 0 Å². The quantitative estimate of drug-likeness (QED) is 0.909. The molecule has 1 fully saturated rings. The van der Waals surface area contributed by atoms with Crippen LogP contribution in [0.25, 0.3) is 0 Å². The van der Waals surface area contributed by atoms with Crippen LogP contribution in [0.1, 0.15) is 29.3 Å². The molecule has 1 aromatic carbocycles. The first-order chi connectivity index (χ1) is 10.7. The van der Waals surface area contributed by atoms with E-state index in [0.717, 1.165) is 24.9 Å². The molecule has 1 unspecified atom stereocenters. The van der Waals surface area contributed by atoms with E-state index in [2.05, 4.69) is 16.8 Å². The number of nitrogens with zero attached hydrogens (tertiary/aromatic N) is 1. The second kappa shape index (κ2) is 6.92. The number of hydrogen-bond acceptors (Lipinski definition) is 2. The van der Waals surface area contributed by atoms with Crippen LogP contribution in [0.5, 0.6) is 0 Å². The van der Waals surface area contributed by atoms with Crippen molar-refractivity contribution >= 4 is 17.4 Å². The Morgan fingerprint density at radius 1 is 1.32 bits per heavy atom. The van der Waals surface area contributed by atoms with Gasteiger partial charge in [-0.15, -0.1) is 11.3 Å². The van der Waals surface area contributed by atoms with Gasteiger partial charge >= 0.3 is 6.03 Å². The van der Waals surface area contributed by atoms with Gasteiger partial charge in [0.25, 0.3) is 0 Å². The number of halogens is 1. The molecule has 1 aromatic heterocycles. The van der Waals surface area contributed by atoms with E-state index in [0.29, 0.717) is 13.0 Å². The standard InChI is InChI=1S/C17H19FN2OS/c18-14-7-5-13(6-8-14)9-10-19-17(21)20-11-1-3-15(20)16-4-2-12-22-16/h2,4-8,12,15H,1,3,9-11H2,(H,19,21). The number of carbonyl (C=O) groups excluding carboxylic acids is 1. The molecule has 1 aliphatic heterocycles. The van der Waals surface area contributed by atoms with Crippen LogP contribution in [0.4, 0.5) is 9.18 Å². The van der Waals surface area contributed by atoms with Gasteiger partial charge in [0.1, 0.15) is 5.82 Å². The third-order valence-corrected chi connectivity index (χ3v) is 4.96. The van der Waals surface area contributed by atoms with Gasteiger partial charge in [-0.25, -0.2) is 9.18 Å². The molecule has 2 amide bonds. The van der Waals surface area contributed by atoms with E-state index in [-0.39, 0.29) is 17.9 Å². The summed E-state index contributed by atoms with van der Waals surface area (Å²) in [5.41, 5.74) is 1.03. The van der Waals surface area contributed by atoms with Crippen molar-refractivity contribution in [2.45, 2.75) is 25.3 Å². The molecule has 0 aliphatic carbocycles. The Kier molecular flexibility index (Phi) is 4.73. The molecule has 5 heteroatoms. The van der Waals surface area contributed by atoms with E-state index in [1.807, 2.05) is 11.0 Å². The molecule has 22 heavy (non-hydrogen) atoms. The Balaban J connectivity index is 1.52. The maximum Gasteiger partial charge on any atom is 0.317 e. The predicted octanol–water partition coefficient (Wildman–Crippen LogP) is 3.98. The van der Waals surface area contributed by atoms with Crippen molar-refractivity contribution in [1.29, 1.82) is 0 Å². The number of likely N-dealkylation sites (tertiary alicyclic amines) is 1. The fourth-order valence-corrected chi connectivity index (χ4v) is 3.73. The molecular formula is C17H19FN2OS. The maximum absolute atomic E-state index is 12.8. The van der Waals surface area contributed by atoms with Crippen LogP contribution in [-0.2, 0) is 6.42 Å². The molecule has 1 atom stereocenters. The maximum atomic E-state index is 12.8. The van der Waals surface area contributed by atoms with Crippen molar-refractivity contribution < 1.29 is 9.18 Å². The van der Waals surface area contributed by atoms with E-state index < -0.39 is 0 Å². The molecule has 3 nitrogen and oxygen atoms in total. The number of nitrogens with one attached hydrogen (secondary N) is 1. The summed E-state index contributed by atoms with van der Waals surface area (Å²) in [7, 11) is 0. The van der Waals surface area contributed by atoms with Gasteiger partial charge in [0.15, 0.2) is 0 Å². The number of urea groups is 1. The Hall–Kier alpha value is -1.88. The molecule has 2 aromatic rings. The van der Waals surface area contributed by atoms with Gasteiger partial charge in [-0.05, 0) is 48.4 Å². The van der Waals surface area contributed by atoms with Crippen LogP contribution in [0, 0.1) is 5.82 Å². The average Bonchev–Trinajstić information content (AvgIpc) is 3.19. The summed E-state index contributed by atoms with van der Waals surface area (Å²) in [6, 6.07) is 10.7. The second-order valence-electron chi connectivity index (χ2n) is 5.48. The first-order valence-electron chi connectivity index (χ1n) is 7.56. The van der Waals surface area contributed by atoms with Crippen LogP contribution in [-0.4, -0.2) is 24.0 Å². The summed E-state index contributed by atoms with van der Waals surface area (Å²) in [5.74, 6) is -0.233. The van der Waals surface area contributed by atoms with Crippen molar-refractivity contribution in [2.75, 3.05) is 13.1 Å². The third-order valence-electron chi connectivity index (χ3n) is 3.99. The SMILES string of the molecule is O=C(NCCc1ccc(F)cc1)N1CCCC1c1cccs1. The number of hydrogen-bond donors (Lipinski definition) is 1. The highest BCUT2D eigenvalue weighted by molar-refractivity contribution is 7.10. The lowest BCUT2D eigenvalue weighted by atomic mass is 10.1. The molecule has 0 spiro atoms. The van der Waals surface area contributed by atoms with Crippen LogP contribution >= 0.6 is 11.3 Å². The fourth-order valence-electron chi connectivity index (χ4n) is 2.85. The van der Waals surface area contributed by atoms with E-state index in [1.54, 1.807) is 23.5 Å². The second-order valence-corrected chi connectivity index (χ2v) is 6.45. The van der Waals surface area contributed by atoms with Gasteiger partial charge < -0.3 is 10.2 Å². The highest BCUT2D eigenvalue weighted by atomic mass is 32.1. The normalized spacial score (nSPS) is 17.7. The summed E-state index contributed by atoms with van der Waals surface area (Å²) in [5, 5.41) is 5.03. The molecule has 2 heterocycles. The lowest BCUT2D eigenvalue weighted by Crippen LogP contribution is -2.40. The summed E-state index contributed by atoms with van der Waals surface area (Å²) < 4.78 is 12.8. The topological polar surface area (TPSA) is 32.3 Å². The monoisotopic (exact) mass is 318 g/mol. The lowest BCUT2D eigenvalue weighted by molar-refractivity contribution is 0.194. The number of carbonyl (C=O) groups is 1. The lowest BCUT2D eigenvalue weighted by Gasteiger charge is -2.24. The molecule has 116 valence electrons. The molecule has 0 bridgehead atoms. The van der Waals surface area contributed by atoms with E-state index in [4.69, 9.17) is 0 Å². The zero-order chi connectivity index (χ0) is 15.4. The summed E-state index contributed by atoms with van der Waals surface area (Å²) in [6.07, 6.45) is 2.80. The first kappa shape index (κ1) is 15.0. The minimum absolute atomic E-state index is 0.00184. The van der Waals surface area contributed by atoms with Gasteiger partial charge in [0.2, 0.25) is 0 Å². The molecule has 1 N–H and O–H groups in total. The zero-order valence-electron chi connectivity index (χ0n) is 12.3. The van der Waals surface area contributed by atoms with Gasteiger partial charge in [-0.2, -0.15) is 0 Å². The van der Waals surface area contributed by atoms with Crippen LogP contribution in [0.2, 0.25) is 0 Å². The zero-order valence-corrected chi connectivity index (χ0v) is 13.1. The largest absolute Gasteiger partial charge is 0.338 e. The van der Waals surface area contributed by atoms with Crippen molar-refractivity contribution in [3.63, 3.8) is 0 Å². The number of thiophene rings is 1. The summed E-state index contributed by atoms with van der Waals surface area (Å²) in [4.78, 5) is 15.5. The van der Waals surface area contributed by atoms with Crippen LogP contribution in [0.15, 0.2) is 41.8 Å². The molecule has 0 radical (unpaired) electrons. The minimum Gasteiger partial charge on any atom is -0.338 e. The van der Waals surface area contributed by atoms with E-state index >= 15 is 0 Å². The van der Waals surface area contributed by atoms with E-state index in [9.17, 15) is 9.18 Å². The summed E-state index contributed by atoms with van der Waals surface area (Å²) in [6.45, 7) is 1.38. The highest BCUT2D eigenvalue weighted by Gasteiger charge is 2.30. The van der Waals surface area contributed by atoms with Gasteiger partial charge in [-0.3, -0.25) is 0 Å². The first-order valence-corrected chi connectivity index (χ1v) is 8.44. The van der Waals surface area contributed by atoms with Crippen molar-refractivity contribution in [3.05, 3.63) is 58.0 Å². The Bertz CT molecular complexity index is 612. The predicted molar refractivity (Wildman–Crippen MR) is 86.5 cm³/mol. The summed E-state index contributed by atoms with van der Waals surface area (Å²) >= 11 is 1.71. The number of benzene rings is 1. The van der Waals surface area contributed by atoms with Crippen LogP contribution in [0.3, 0.4) is 0 Å². The number of rotatable bonds is 4. The smallest absolute Gasteiger partial charge is 0.317 e. The van der Waals surface area contributed by atoms with Crippen molar-refractivity contribution in [1.82, 2.24) is 10.2 Å². The van der Waals surface area contributed by atoms with Crippen molar-refractivity contribution in [2.24, 2.45) is 0 Å². The third kappa shape index (κ3) is 3.47. The Morgan fingerprint density at radius 2 is 2.14 bits per heavy atom. The average molecular weight is 318 g/mol. The molecular weight excluding hydrogens is 299 g/mol. The van der Waals surface area contributed by atoms with Gasteiger partial charge in [-0.1, -0.05) is 18.2 Å². The molecule has 1 saturated heterocycles. The Morgan fingerprint density at radius 3 is 2.86 bits per heavy atom. The van der Waals surface area contributed by atoms with E-state index in [1.165, 1.54) is 17.0 Å².